The van der Waals surface area contributed by atoms with Crippen LogP contribution in [0.4, 0.5) is 5.69 Å². The highest BCUT2D eigenvalue weighted by Gasteiger charge is 2.36. The van der Waals surface area contributed by atoms with E-state index in [0.29, 0.717) is 25.7 Å². The molecule has 0 N–H and O–H groups in total. The Kier molecular flexibility index (Phi) is 8.03. The number of carbonyl (C=O) groups excluding carboxylic acids is 2. The molecule has 0 saturated carbocycles. The van der Waals surface area contributed by atoms with E-state index >= 15 is 0 Å². The molecule has 2 bridgehead atoms. The Morgan fingerprint density at radius 3 is 2.55 bits per heavy atom. The lowest BCUT2D eigenvalue weighted by Gasteiger charge is -2.33. The van der Waals surface area contributed by atoms with Gasteiger partial charge in [0.15, 0.2) is 6.61 Å². The quantitative estimate of drug-likeness (QED) is 0.500. The highest BCUT2D eigenvalue weighted by Crippen LogP contribution is 2.32. The fraction of sp³-hybridized carbons (Fsp3) is 0.387. The lowest BCUT2D eigenvalue weighted by molar-refractivity contribution is -0.134. The van der Waals surface area contributed by atoms with Gasteiger partial charge in [-0.2, -0.15) is 0 Å². The lowest BCUT2D eigenvalue weighted by Crippen LogP contribution is -2.46. The first-order valence-corrected chi connectivity index (χ1v) is 13.5. The van der Waals surface area contributed by atoms with E-state index in [1.807, 2.05) is 77.5 Å². The Hall–Kier alpha value is -3.71. The fourth-order valence-corrected chi connectivity index (χ4v) is 5.78. The summed E-state index contributed by atoms with van der Waals surface area (Å²) in [5.41, 5.74) is 4.02. The molecule has 1 fully saturated rings. The van der Waals surface area contributed by atoms with Gasteiger partial charge in [0.05, 0.1) is 0 Å². The molecular weight excluding hydrogens is 476 g/mol. The zero-order valence-corrected chi connectivity index (χ0v) is 22.3. The molecule has 7 heteroatoms. The van der Waals surface area contributed by atoms with Gasteiger partial charge in [0.1, 0.15) is 5.75 Å². The van der Waals surface area contributed by atoms with Gasteiger partial charge >= 0.3 is 0 Å². The second-order valence-corrected chi connectivity index (χ2v) is 10.3. The molecule has 1 saturated heterocycles. The van der Waals surface area contributed by atoms with Crippen molar-refractivity contribution in [2.24, 2.45) is 0 Å². The molecule has 2 atom stereocenters. The van der Waals surface area contributed by atoms with Gasteiger partial charge in [-0.25, -0.2) is 0 Å². The van der Waals surface area contributed by atoms with E-state index in [1.54, 1.807) is 13.1 Å². The minimum Gasteiger partial charge on any atom is -0.484 e. The van der Waals surface area contributed by atoms with Crippen molar-refractivity contribution in [3.8, 4) is 5.75 Å². The van der Waals surface area contributed by atoms with E-state index in [0.717, 1.165) is 53.9 Å². The lowest BCUT2D eigenvalue weighted by atomic mass is 10.1. The second-order valence-electron chi connectivity index (χ2n) is 10.3. The van der Waals surface area contributed by atoms with Gasteiger partial charge in [-0.3, -0.25) is 19.5 Å². The molecule has 0 aliphatic carbocycles. The number of rotatable bonds is 5. The maximum atomic E-state index is 13.7. The Labute approximate surface area is 225 Å². The Morgan fingerprint density at radius 1 is 0.974 bits per heavy atom. The first-order valence-electron chi connectivity index (χ1n) is 13.5. The van der Waals surface area contributed by atoms with E-state index in [4.69, 9.17) is 4.74 Å². The smallest absolute Gasteiger partial charge is 0.260 e. The third-order valence-corrected chi connectivity index (χ3v) is 7.80. The summed E-state index contributed by atoms with van der Waals surface area (Å²) in [5, 5.41) is 0. The minimum absolute atomic E-state index is 0.0193. The van der Waals surface area contributed by atoms with Crippen LogP contribution in [0.2, 0.25) is 0 Å². The molecular formula is C31H36N4O3. The van der Waals surface area contributed by atoms with E-state index in [2.05, 4.69) is 16.0 Å². The van der Waals surface area contributed by atoms with Crippen LogP contribution in [0, 0.1) is 6.92 Å². The van der Waals surface area contributed by atoms with Crippen molar-refractivity contribution < 1.29 is 14.3 Å². The molecule has 38 heavy (non-hydrogen) atoms. The summed E-state index contributed by atoms with van der Waals surface area (Å²) in [4.78, 5) is 37.1. The molecule has 5 rings (SSSR count). The third-order valence-electron chi connectivity index (χ3n) is 7.80. The monoisotopic (exact) mass is 512 g/mol. The van der Waals surface area contributed by atoms with Gasteiger partial charge in [0.2, 0.25) is 5.91 Å². The molecule has 2 aromatic carbocycles. The number of amides is 2. The molecule has 0 radical (unpaired) electrons. The number of aromatic nitrogens is 1. The zero-order chi connectivity index (χ0) is 26.5. The first kappa shape index (κ1) is 25.9. The summed E-state index contributed by atoms with van der Waals surface area (Å²) < 4.78 is 5.98. The summed E-state index contributed by atoms with van der Waals surface area (Å²) >= 11 is 0. The van der Waals surface area contributed by atoms with Crippen molar-refractivity contribution in [3.63, 3.8) is 0 Å². The number of fused-ring (bicyclic) bond motifs is 3. The molecule has 2 aliphatic heterocycles. The van der Waals surface area contributed by atoms with Gasteiger partial charge in [0, 0.05) is 63.3 Å². The number of pyridine rings is 1. The molecule has 2 amide bonds. The maximum absolute atomic E-state index is 13.7. The van der Waals surface area contributed by atoms with Crippen molar-refractivity contribution in [2.75, 3.05) is 24.6 Å². The molecule has 3 aromatic rings. The number of anilines is 1. The molecule has 7 nitrogen and oxygen atoms in total. The normalized spacial score (nSPS) is 19.9. The highest BCUT2D eigenvalue weighted by molar-refractivity contribution is 5.92. The van der Waals surface area contributed by atoms with Crippen LogP contribution in [0.3, 0.4) is 0 Å². The van der Waals surface area contributed by atoms with Gasteiger partial charge in [-0.1, -0.05) is 42.5 Å². The van der Waals surface area contributed by atoms with Crippen LogP contribution in [0.5, 0.6) is 5.75 Å². The standard InChI is InChI=1S/C31H36N4O3/c1-23-8-3-6-12-30(23)38-22-31(37)33-20-26-10-4-5-11-29(26)34(24(2)36)17-15-27-13-14-28(21-33)35(27)19-25-9-7-16-32-18-25/h3-12,16,18,27-28H,13-15,17,19-22H2,1-2H3. The van der Waals surface area contributed by atoms with E-state index in [1.165, 1.54) is 0 Å². The number of hydrogen-bond acceptors (Lipinski definition) is 5. The summed E-state index contributed by atoms with van der Waals surface area (Å²) in [5.74, 6) is 0.688. The van der Waals surface area contributed by atoms with Crippen molar-refractivity contribution in [1.82, 2.24) is 14.8 Å². The number of para-hydroxylation sites is 2. The van der Waals surface area contributed by atoms with E-state index in [-0.39, 0.29) is 24.5 Å². The number of hydrogen-bond donors (Lipinski definition) is 0. The topological polar surface area (TPSA) is 66.0 Å². The largest absolute Gasteiger partial charge is 0.484 e. The molecule has 3 heterocycles. The van der Waals surface area contributed by atoms with Crippen LogP contribution in [0.1, 0.15) is 42.9 Å². The van der Waals surface area contributed by atoms with Crippen LogP contribution < -0.4 is 9.64 Å². The molecule has 2 aliphatic rings. The van der Waals surface area contributed by atoms with Crippen LogP contribution in [-0.4, -0.2) is 58.4 Å². The van der Waals surface area contributed by atoms with Gasteiger partial charge < -0.3 is 14.5 Å². The number of carbonyl (C=O) groups is 2. The predicted molar refractivity (Wildman–Crippen MR) is 148 cm³/mol. The van der Waals surface area contributed by atoms with Crippen molar-refractivity contribution in [2.45, 2.75) is 58.3 Å². The van der Waals surface area contributed by atoms with Crippen LogP contribution in [0.25, 0.3) is 0 Å². The average Bonchev–Trinajstić information content (AvgIpc) is 3.28. The number of nitrogens with zero attached hydrogens (tertiary/aromatic N) is 4. The molecule has 198 valence electrons. The number of aryl methyl sites for hydroxylation is 1. The summed E-state index contributed by atoms with van der Waals surface area (Å²) in [6.45, 7) is 6.05. The minimum atomic E-state index is -0.0542. The Balaban J connectivity index is 1.45. The molecule has 2 unspecified atom stereocenters. The van der Waals surface area contributed by atoms with Crippen molar-refractivity contribution >= 4 is 17.5 Å². The maximum Gasteiger partial charge on any atom is 0.260 e. The summed E-state index contributed by atoms with van der Waals surface area (Å²) in [6.07, 6.45) is 6.65. The fourth-order valence-electron chi connectivity index (χ4n) is 5.78. The molecule has 0 spiro atoms. The third kappa shape index (κ3) is 5.89. The van der Waals surface area contributed by atoms with E-state index < -0.39 is 0 Å². The number of benzene rings is 2. The van der Waals surface area contributed by atoms with Crippen LogP contribution >= 0.6 is 0 Å². The second kappa shape index (κ2) is 11.8. The van der Waals surface area contributed by atoms with Crippen LogP contribution in [-0.2, 0) is 22.7 Å². The van der Waals surface area contributed by atoms with Gasteiger partial charge in [0.25, 0.3) is 5.91 Å². The molecule has 1 aromatic heterocycles. The van der Waals surface area contributed by atoms with Crippen LogP contribution in [0.15, 0.2) is 73.1 Å². The summed E-state index contributed by atoms with van der Waals surface area (Å²) in [7, 11) is 0. The summed E-state index contributed by atoms with van der Waals surface area (Å²) in [6, 6.07) is 20.3. The van der Waals surface area contributed by atoms with Gasteiger partial charge in [-0.05, 0) is 61.1 Å². The van der Waals surface area contributed by atoms with E-state index in [9.17, 15) is 9.59 Å². The SMILES string of the molecule is CC(=O)N1CCC2CCC(CN(C(=O)COc3ccccc3C)Cc3ccccc31)N2Cc1cccnc1. The first-order chi connectivity index (χ1) is 18.5. The Bertz CT molecular complexity index is 1260. The van der Waals surface area contributed by atoms with Gasteiger partial charge in [-0.15, -0.1) is 0 Å². The Morgan fingerprint density at radius 2 is 1.76 bits per heavy atom. The van der Waals surface area contributed by atoms with Crippen molar-refractivity contribution in [1.29, 1.82) is 0 Å². The zero-order valence-electron chi connectivity index (χ0n) is 22.3. The predicted octanol–water partition coefficient (Wildman–Crippen LogP) is 4.59. The van der Waals surface area contributed by atoms with Crippen molar-refractivity contribution in [3.05, 3.63) is 89.7 Å². The highest BCUT2D eigenvalue weighted by atomic mass is 16.5. The number of ether oxygens (including phenoxy) is 1. The average molecular weight is 513 g/mol.